The standard InChI is InChI=1S/C19H18F2N4O2S/c20-7-17-13-8-28-18(22)25-19(13,9-27-17)12-5-11(1-2-14(12)21)6-16(26)15-3-4-23-10-24-15/h1-5,10,13,17H,6-9H2,(H2,22,25)/t13-,17-,19-/m1/s1. The van der Waals surface area contributed by atoms with Crippen LogP contribution in [0.2, 0.25) is 0 Å². The van der Waals surface area contributed by atoms with Crippen molar-refractivity contribution in [2.75, 3.05) is 19.0 Å². The highest BCUT2D eigenvalue weighted by Crippen LogP contribution is 2.48. The molecule has 0 unspecified atom stereocenters. The number of hydrogen-bond acceptors (Lipinski definition) is 7. The molecule has 0 saturated carbocycles. The van der Waals surface area contributed by atoms with Gasteiger partial charge in [0.1, 0.15) is 30.1 Å². The number of carbonyl (C=O) groups excluding carboxylic acids is 1. The summed E-state index contributed by atoms with van der Waals surface area (Å²) in [5.41, 5.74) is 6.02. The van der Waals surface area contributed by atoms with Gasteiger partial charge in [-0.1, -0.05) is 17.8 Å². The van der Waals surface area contributed by atoms with Crippen LogP contribution in [0.1, 0.15) is 21.6 Å². The van der Waals surface area contributed by atoms with E-state index in [2.05, 4.69) is 15.0 Å². The molecule has 1 saturated heterocycles. The number of hydrogen-bond donors (Lipinski definition) is 1. The van der Waals surface area contributed by atoms with Crippen LogP contribution < -0.4 is 5.73 Å². The number of aliphatic imine (C=N–C) groups is 1. The number of Topliss-reactive ketones (excluding diaryl/α,β-unsaturated/α-hetero) is 1. The fourth-order valence-corrected chi connectivity index (χ4v) is 4.83. The Morgan fingerprint density at radius 2 is 2.25 bits per heavy atom. The quantitative estimate of drug-likeness (QED) is 0.769. The number of ketones is 1. The topological polar surface area (TPSA) is 90.5 Å². The summed E-state index contributed by atoms with van der Waals surface area (Å²) in [6, 6.07) is 6.00. The van der Waals surface area contributed by atoms with Gasteiger partial charge in [-0.25, -0.2) is 23.7 Å². The van der Waals surface area contributed by atoms with E-state index in [0.29, 0.717) is 16.5 Å². The van der Waals surface area contributed by atoms with Gasteiger partial charge in [0.05, 0.1) is 12.7 Å². The molecule has 6 nitrogen and oxygen atoms in total. The third-order valence-electron chi connectivity index (χ3n) is 5.18. The van der Waals surface area contributed by atoms with Gasteiger partial charge >= 0.3 is 0 Å². The van der Waals surface area contributed by atoms with Gasteiger partial charge in [0.25, 0.3) is 0 Å². The predicted molar refractivity (Wildman–Crippen MR) is 101 cm³/mol. The molecular weight excluding hydrogens is 386 g/mol. The van der Waals surface area contributed by atoms with Crippen molar-refractivity contribution in [3.63, 3.8) is 0 Å². The van der Waals surface area contributed by atoms with E-state index in [9.17, 15) is 13.6 Å². The Bertz CT molecular complexity index is 927. The first-order chi connectivity index (χ1) is 13.5. The van der Waals surface area contributed by atoms with Crippen molar-refractivity contribution in [2.45, 2.75) is 18.1 Å². The Hall–Kier alpha value is -2.39. The molecule has 2 N–H and O–H groups in total. The lowest BCUT2D eigenvalue weighted by Crippen LogP contribution is -2.42. The molecule has 1 fully saturated rings. The number of nitrogens with two attached hydrogens (primary N) is 1. The average Bonchev–Trinajstić information content (AvgIpc) is 3.08. The van der Waals surface area contributed by atoms with Crippen molar-refractivity contribution >= 4 is 22.7 Å². The Kier molecular flexibility index (Phi) is 5.11. The van der Waals surface area contributed by atoms with E-state index in [1.807, 2.05) is 0 Å². The maximum Gasteiger partial charge on any atom is 0.185 e. The number of rotatable bonds is 5. The third-order valence-corrected chi connectivity index (χ3v) is 6.09. The highest BCUT2D eigenvalue weighted by atomic mass is 32.2. The van der Waals surface area contributed by atoms with Gasteiger partial charge in [-0.2, -0.15) is 0 Å². The second-order valence-corrected chi connectivity index (χ2v) is 7.84. The van der Waals surface area contributed by atoms with Crippen LogP contribution in [0.15, 0.2) is 41.8 Å². The van der Waals surface area contributed by atoms with E-state index >= 15 is 0 Å². The molecule has 3 heterocycles. The summed E-state index contributed by atoms with van der Waals surface area (Å²) < 4.78 is 33.9. The van der Waals surface area contributed by atoms with Gasteiger partial charge in [0, 0.05) is 29.9 Å². The molecular formula is C19H18F2N4O2S. The Labute approximate surface area is 164 Å². The second-order valence-electron chi connectivity index (χ2n) is 6.80. The van der Waals surface area contributed by atoms with Gasteiger partial charge in [-0.05, 0) is 23.8 Å². The van der Waals surface area contributed by atoms with E-state index in [4.69, 9.17) is 10.5 Å². The van der Waals surface area contributed by atoms with Gasteiger partial charge in [0.15, 0.2) is 11.0 Å². The molecule has 1 aromatic heterocycles. The number of fused-ring (bicyclic) bond motifs is 1. The maximum atomic E-state index is 14.8. The number of thioether (sulfide) groups is 1. The molecule has 2 aliphatic heterocycles. The summed E-state index contributed by atoms with van der Waals surface area (Å²) in [7, 11) is 0. The first-order valence-electron chi connectivity index (χ1n) is 8.77. The minimum absolute atomic E-state index is 0.0480. The van der Waals surface area contributed by atoms with Crippen LogP contribution in [0, 0.1) is 11.7 Å². The maximum absolute atomic E-state index is 14.8. The van der Waals surface area contributed by atoms with Gasteiger partial charge in [-0.3, -0.25) is 4.79 Å². The first kappa shape index (κ1) is 18.9. The minimum atomic E-state index is -1.08. The summed E-state index contributed by atoms with van der Waals surface area (Å²) >= 11 is 1.32. The summed E-state index contributed by atoms with van der Waals surface area (Å²) in [6.45, 7) is -0.621. The number of alkyl halides is 1. The molecule has 2 aromatic rings. The summed E-state index contributed by atoms with van der Waals surface area (Å²) in [4.78, 5) is 24.7. The van der Waals surface area contributed by atoms with E-state index in [1.54, 1.807) is 12.1 Å². The average molecular weight is 404 g/mol. The molecule has 0 aliphatic carbocycles. The molecule has 146 valence electrons. The minimum Gasteiger partial charge on any atom is -0.379 e. The van der Waals surface area contributed by atoms with Crippen LogP contribution in [0.3, 0.4) is 0 Å². The predicted octanol–water partition coefficient (Wildman–Crippen LogP) is 2.28. The molecule has 28 heavy (non-hydrogen) atoms. The number of carbonyl (C=O) groups is 1. The third kappa shape index (κ3) is 3.29. The second kappa shape index (κ2) is 7.56. The zero-order chi connectivity index (χ0) is 19.7. The number of amidine groups is 1. The van der Waals surface area contributed by atoms with Gasteiger partial charge in [0.2, 0.25) is 0 Å². The van der Waals surface area contributed by atoms with Crippen molar-refractivity contribution in [3.05, 3.63) is 59.4 Å². The van der Waals surface area contributed by atoms with Crippen LogP contribution in [0.4, 0.5) is 8.78 Å². The van der Waals surface area contributed by atoms with Crippen molar-refractivity contribution in [1.29, 1.82) is 0 Å². The van der Waals surface area contributed by atoms with Crippen LogP contribution in [0.5, 0.6) is 0 Å². The zero-order valence-electron chi connectivity index (χ0n) is 14.8. The first-order valence-corrected chi connectivity index (χ1v) is 9.76. The highest BCUT2D eigenvalue weighted by Gasteiger charge is 2.54. The Morgan fingerprint density at radius 1 is 1.39 bits per heavy atom. The number of aromatic nitrogens is 2. The van der Waals surface area contributed by atoms with Crippen LogP contribution >= 0.6 is 11.8 Å². The number of benzene rings is 1. The van der Waals surface area contributed by atoms with Crippen LogP contribution in [0.25, 0.3) is 0 Å². The summed E-state index contributed by atoms with van der Waals surface area (Å²) in [6.07, 6.45) is 2.18. The lowest BCUT2D eigenvalue weighted by Gasteiger charge is -2.35. The largest absolute Gasteiger partial charge is 0.379 e. The van der Waals surface area contributed by atoms with Crippen molar-refractivity contribution in [2.24, 2.45) is 16.6 Å². The molecule has 2 aliphatic rings. The number of nitrogens with zero attached hydrogens (tertiary/aromatic N) is 3. The molecule has 0 bridgehead atoms. The summed E-state index contributed by atoms with van der Waals surface area (Å²) in [5.74, 6) is -0.527. The smallest absolute Gasteiger partial charge is 0.185 e. The number of halogens is 2. The number of ether oxygens (including phenoxy) is 1. The van der Waals surface area contributed by atoms with Crippen LogP contribution in [-0.2, 0) is 16.7 Å². The van der Waals surface area contributed by atoms with Crippen molar-refractivity contribution in [3.8, 4) is 0 Å². The fraction of sp³-hybridized carbons (Fsp3) is 0.368. The molecule has 9 heteroatoms. The molecule has 1 aromatic carbocycles. The zero-order valence-corrected chi connectivity index (χ0v) is 15.7. The lowest BCUT2D eigenvalue weighted by atomic mass is 9.78. The molecule has 0 amide bonds. The Morgan fingerprint density at radius 3 is 3.00 bits per heavy atom. The van der Waals surface area contributed by atoms with Crippen molar-refractivity contribution < 1.29 is 18.3 Å². The van der Waals surface area contributed by atoms with E-state index in [-0.39, 0.29) is 36.0 Å². The monoisotopic (exact) mass is 404 g/mol. The molecule has 0 radical (unpaired) electrons. The highest BCUT2D eigenvalue weighted by molar-refractivity contribution is 8.13. The van der Waals surface area contributed by atoms with Gasteiger partial charge in [-0.15, -0.1) is 0 Å². The molecule has 3 atom stereocenters. The lowest BCUT2D eigenvalue weighted by molar-refractivity contribution is 0.0721. The SMILES string of the molecule is NC1=N[C@@]2(c3cc(CC(=O)c4ccncn4)ccc3F)CO[C@H](CF)[C@H]2CS1. The van der Waals surface area contributed by atoms with E-state index in [1.165, 1.54) is 36.4 Å². The Balaban J connectivity index is 1.70. The summed E-state index contributed by atoms with van der Waals surface area (Å²) in [5, 5.41) is 0.321. The van der Waals surface area contributed by atoms with E-state index in [0.717, 1.165) is 0 Å². The molecule has 0 spiro atoms. The molecule has 4 rings (SSSR count). The van der Waals surface area contributed by atoms with Gasteiger partial charge < -0.3 is 10.5 Å². The van der Waals surface area contributed by atoms with E-state index < -0.39 is 24.1 Å². The normalized spacial score (nSPS) is 26.6. The van der Waals surface area contributed by atoms with Crippen LogP contribution in [-0.4, -0.2) is 46.1 Å². The fourth-order valence-electron chi connectivity index (χ4n) is 3.76. The van der Waals surface area contributed by atoms with Crippen molar-refractivity contribution in [1.82, 2.24) is 9.97 Å².